The van der Waals surface area contributed by atoms with Crippen LogP contribution in [0.15, 0.2) is 76.7 Å². The second-order valence-electron chi connectivity index (χ2n) is 9.77. The summed E-state index contributed by atoms with van der Waals surface area (Å²) in [5.41, 5.74) is 6.56. The number of esters is 1. The molecule has 6 rings (SSSR count). The van der Waals surface area contributed by atoms with E-state index in [-0.39, 0.29) is 18.9 Å². The van der Waals surface area contributed by atoms with Gasteiger partial charge in [0, 0.05) is 16.5 Å². The van der Waals surface area contributed by atoms with Crippen LogP contribution in [0, 0.1) is 6.92 Å². The van der Waals surface area contributed by atoms with Crippen LogP contribution in [-0.2, 0) is 29.0 Å². The van der Waals surface area contributed by atoms with Gasteiger partial charge in [0.25, 0.3) is 0 Å². The van der Waals surface area contributed by atoms with Crippen molar-refractivity contribution in [3.8, 4) is 0 Å². The summed E-state index contributed by atoms with van der Waals surface area (Å²) in [6.07, 6.45) is 6.30. The van der Waals surface area contributed by atoms with Gasteiger partial charge in [-0.05, 0) is 73.7 Å². The number of para-hydroxylation sites is 1. The molecule has 0 saturated heterocycles. The van der Waals surface area contributed by atoms with E-state index in [4.69, 9.17) is 14.1 Å². The molecule has 8 heteroatoms. The molecule has 0 atom stereocenters. The third-order valence-electron chi connectivity index (χ3n) is 6.83. The topological polar surface area (TPSA) is 94.3 Å². The van der Waals surface area contributed by atoms with Crippen LogP contribution in [0.3, 0.4) is 0 Å². The van der Waals surface area contributed by atoms with Crippen molar-refractivity contribution in [3.05, 3.63) is 111 Å². The average Bonchev–Trinajstić information content (AvgIpc) is 3.64. The third kappa shape index (κ3) is 5.58. The fraction of sp³-hybridized carbons (Fsp3) is 0.188. The van der Waals surface area contributed by atoms with Gasteiger partial charge in [-0.3, -0.25) is 4.79 Å². The minimum absolute atomic E-state index is 0.0232. The molecule has 0 bridgehead atoms. The molecule has 0 spiro atoms. The summed E-state index contributed by atoms with van der Waals surface area (Å²) in [5.74, 6) is 0.213. The summed E-state index contributed by atoms with van der Waals surface area (Å²) < 4.78 is 11.3. The smallest absolute Gasteiger partial charge is 0.339 e. The zero-order valence-corrected chi connectivity index (χ0v) is 22.8. The van der Waals surface area contributed by atoms with Gasteiger partial charge < -0.3 is 14.5 Å². The van der Waals surface area contributed by atoms with Crippen LogP contribution in [0.4, 0.5) is 5.69 Å². The summed E-state index contributed by atoms with van der Waals surface area (Å²) in [7, 11) is 0. The highest BCUT2D eigenvalue weighted by Crippen LogP contribution is 2.36. The molecule has 0 unspecified atom stereocenters. The lowest BCUT2D eigenvalue weighted by Crippen LogP contribution is -2.15. The maximum atomic E-state index is 13.6. The number of amides is 1. The Hall–Kier alpha value is -4.56. The predicted octanol–water partition coefficient (Wildman–Crippen LogP) is 7.01. The van der Waals surface area contributed by atoms with Crippen molar-refractivity contribution in [2.75, 3.05) is 5.32 Å². The highest BCUT2D eigenvalue weighted by atomic mass is 32.1. The van der Waals surface area contributed by atoms with Crippen molar-refractivity contribution in [2.45, 2.75) is 39.2 Å². The van der Waals surface area contributed by atoms with Crippen molar-refractivity contribution in [2.24, 2.45) is 0 Å². The number of nitrogens with one attached hydrogen (secondary N) is 1. The van der Waals surface area contributed by atoms with Crippen LogP contribution in [0.5, 0.6) is 0 Å². The molecule has 3 aromatic heterocycles. The van der Waals surface area contributed by atoms with Gasteiger partial charge in [-0.25, -0.2) is 14.8 Å². The number of hydrogen-bond acceptors (Lipinski definition) is 7. The van der Waals surface area contributed by atoms with Crippen LogP contribution >= 0.6 is 11.3 Å². The van der Waals surface area contributed by atoms with E-state index in [0.717, 1.165) is 64.0 Å². The molecule has 3 heterocycles. The van der Waals surface area contributed by atoms with E-state index in [9.17, 15) is 9.59 Å². The number of fused-ring (bicyclic) bond motifs is 2. The number of ether oxygens (including phenoxy) is 1. The zero-order chi connectivity index (χ0) is 27.5. The van der Waals surface area contributed by atoms with Gasteiger partial charge in [0.1, 0.15) is 17.4 Å². The SMILES string of the molecule is Cc1ccc(NC(=O)Cc2nc(COC(=O)c3c4c(nc5ccccc35)C(=Cc3ccco3)CCC4)cs2)cc1. The molecule has 200 valence electrons. The first-order valence-electron chi connectivity index (χ1n) is 13.2. The van der Waals surface area contributed by atoms with Crippen LogP contribution < -0.4 is 5.32 Å². The standard InChI is InChI=1S/C32H27N3O4S/c1-20-11-13-22(14-12-20)33-28(36)17-29-34-23(19-40-29)18-39-32(37)30-25-8-2-3-10-27(25)35-31-21(6-4-9-26(30)31)16-24-7-5-15-38-24/h2-3,5,7-8,10-16,19H,4,6,9,17-18H2,1H3,(H,33,36). The lowest BCUT2D eigenvalue weighted by molar-refractivity contribution is -0.115. The number of rotatable bonds is 7. The van der Waals surface area contributed by atoms with Gasteiger partial charge in [0.2, 0.25) is 5.91 Å². The fourth-order valence-electron chi connectivity index (χ4n) is 4.94. The van der Waals surface area contributed by atoms with Crippen LogP contribution in [0.25, 0.3) is 22.6 Å². The molecule has 0 aliphatic heterocycles. The second-order valence-corrected chi connectivity index (χ2v) is 10.7. The summed E-state index contributed by atoms with van der Waals surface area (Å²) in [6, 6.07) is 19.1. The molecule has 0 saturated carbocycles. The lowest BCUT2D eigenvalue weighted by Gasteiger charge is -2.22. The van der Waals surface area contributed by atoms with Crippen LogP contribution in [0.2, 0.25) is 0 Å². The molecule has 2 aromatic carbocycles. The van der Waals surface area contributed by atoms with Crippen LogP contribution in [-0.4, -0.2) is 21.8 Å². The molecular formula is C32H27N3O4S. The van der Waals surface area contributed by atoms with Gasteiger partial charge in [0.15, 0.2) is 0 Å². The van der Waals surface area contributed by atoms with Crippen molar-refractivity contribution in [1.82, 2.24) is 9.97 Å². The molecule has 5 aromatic rings. The van der Waals surface area contributed by atoms with Crippen molar-refractivity contribution >= 4 is 51.5 Å². The van der Waals surface area contributed by atoms with E-state index in [1.807, 2.05) is 79.0 Å². The first kappa shape index (κ1) is 25.7. The number of anilines is 1. The Balaban J connectivity index is 1.20. The maximum absolute atomic E-state index is 13.6. The zero-order valence-electron chi connectivity index (χ0n) is 22.0. The second kappa shape index (κ2) is 11.3. The number of benzene rings is 2. The molecule has 0 fully saturated rings. The summed E-state index contributed by atoms with van der Waals surface area (Å²) in [6.45, 7) is 2.02. The van der Waals surface area contributed by atoms with E-state index >= 15 is 0 Å². The molecule has 1 aliphatic rings. The lowest BCUT2D eigenvalue weighted by atomic mass is 9.86. The fourth-order valence-corrected chi connectivity index (χ4v) is 5.72. The summed E-state index contributed by atoms with van der Waals surface area (Å²) in [4.78, 5) is 35.5. The number of pyridine rings is 1. The largest absolute Gasteiger partial charge is 0.465 e. The number of allylic oxidation sites excluding steroid dienone is 1. The summed E-state index contributed by atoms with van der Waals surface area (Å²) in [5, 5.41) is 6.15. The van der Waals surface area contributed by atoms with Crippen molar-refractivity contribution in [3.63, 3.8) is 0 Å². The molecule has 1 N–H and O–H groups in total. The molecule has 40 heavy (non-hydrogen) atoms. The first-order chi connectivity index (χ1) is 19.5. The number of aromatic nitrogens is 2. The highest BCUT2D eigenvalue weighted by Gasteiger charge is 2.26. The number of nitrogens with zero attached hydrogens (tertiary/aromatic N) is 2. The Morgan fingerprint density at radius 3 is 2.73 bits per heavy atom. The number of hydrogen-bond donors (Lipinski definition) is 1. The highest BCUT2D eigenvalue weighted by molar-refractivity contribution is 7.09. The Morgan fingerprint density at radius 2 is 1.90 bits per heavy atom. The monoisotopic (exact) mass is 549 g/mol. The number of furan rings is 1. The Morgan fingerprint density at radius 1 is 1.05 bits per heavy atom. The average molecular weight is 550 g/mol. The first-order valence-corrected chi connectivity index (χ1v) is 14.0. The van der Waals surface area contributed by atoms with Crippen molar-refractivity contribution < 1.29 is 18.7 Å². The van der Waals surface area contributed by atoms with Gasteiger partial charge in [-0.1, -0.05) is 35.9 Å². The molecule has 1 amide bonds. The predicted molar refractivity (Wildman–Crippen MR) is 156 cm³/mol. The van der Waals surface area contributed by atoms with Crippen molar-refractivity contribution in [1.29, 1.82) is 0 Å². The van der Waals surface area contributed by atoms with E-state index in [1.165, 1.54) is 11.3 Å². The van der Waals surface area contributed by atoms with Gasteiger partial charge in [-0.2, -0.15) is 0 Å². The molecule has 1 aliphatic carbocycles. The number of carbonyl (C=O) groups is 2. The number of thiazole rings is 1. The van der Waals surface area contributed by atoms with E-state index in [0.29, 0.717) is 16.3 Å². The Bertz CT molecular complexity index is 1720. The number of carbonyl (C=O) groups excluding carboxylic acids is 2. The Kier molecular flexibility index (Phi) is 7.25. The van der Waals surface area contributed by atoms with Gasteiger partial charge >= 0.3 is 5.97 Å². The molecule has 0 radical (unpaired) electrons. The van der Waals surface area contributed by atoms with E-state index < -0.39 is 5.97 Å². The molecular weight excluding hydrogens is 522 g/mol. The minimum atomic E-state index is -0.402. The van der Waals surface area contributed by atoms with Gasteiger partial charge in [-0.15, -0.1) is 11.3 Å². The quantitative estimate of drug-likeness (QED) is 0.220. The normalized spacial score (nSPS) is 13.8. The van der Waals surface area contributed by atoms with Crippen LogP contribution in [0.1, 0.15) is 56.5 Å². The minimum Gasteiger partial charge on any atom is -0.465 e. The van der Waals surface area contributed by atoms with E-state index in [2.05, 4.69) is 10.3 Å². The van der Waals surface area contributed by atoms with Gasteiger partial charge in [0.05, 0.1) is 35.2 Å². The Labute approximate surface area is 235 Å². The van der Waals surface area contributed by atoms with E-state index in [1.54, 1.807) is 6.26 Å². The maximum Gasteiger partial charge on any atom is 0.339 e. The molecule has 7 nitrogen and oxygen atoms in total. The number of aryl methyl sites for hydroxylation is 1. The third-order valence-corrected chi connectivity index (χ3v) is 7.73. The summed E-state index contributed by atoms with van der Waals surface area (Å²) >= 11 is 1.38.